The van der Waals surface area contributed by atoms with Crippen molar-refractivity contribution in [2.75, 3.05) is 18.1 Å². The summed E-state index contributed by atoms with van der Waals surface area (Å²) < 4.78 is 5.12. The van der Waals surface area contributed by atoms with Gasteiger partial charge in [-0.2, -0.15) is 4.98 Å². The van der Waals surface area contributed by atoms with Crippen LogP contribution in [0.15, 0.2) is 36.4 Å². The molecule has 2 aromatic heterocycles. The summed E-state index contributed by atoms with van der Waals surface area (Å²) in [5.41, 5.74) is 1.07. The molecule has 0 aliphatic heterocycles. The molecule has 3 aromatic rings. The normalized spacial score (nSPS) is 10.8. The molecular formula is C18H18ClN3O2S. The van der Waals surface area contributed by atoms with E-state index in [1.807, 2.05) is 48.2 Å². The van der Waals surface area contributed by atoms with E-state index in [-0.39, 0.29) is 17.8 Å². The molecule has 5 nitrogen and oxygen atoms in total. The van der Waals surface area contributed by atoms with Crippen molar-refractivity contribution in [2.24, 2.45) is 0 Å². The molecule has 0 unspecified atom stereocenters. The SMILES string of the molecule is CCOC(=O)CN(Cc1ccccc1)c1nc(Cl)nc2sc(C)cc12. The van der Waals surface area contributed by atoms with Crippen LogP contribution in [-0.2, 0) is 16.1 Å². The van der Waals surface area contributed by atoms with E-state index in [1.54, 1.807) is 18.3 Å². The average molecular weight is 376 g/mol. The first-order valence-electron chi connectivity index (χ1n) is 7.95. The highest BCUT2D eigenvalue weighted by Gasteiger charge is 2.19. The Bertz CT molecular complexity index is 883. The molecule has 0 radical (unpaired) electrons. The second-order valence-corrected chi connectivity index (χ2v) is 7.11. The van der Waals surface area contributed by atoms with Crippen LogP contribution < -0.4 is 4.90 Å². The molecule has 0 bridgehead atoms. The number of halogens is 1. The molecule has 7 heteroatoms. The van der Waals surface area contributed by atoms with Gasteiger partial charge in [0, 0.05) is 11.4 Å². The molecule has 0 saturated heterocycles. The molecule has 0 saturated carbocycles. The average Bonchev–Trinajstić information content (AvgIpc) is 2.94. The summed E-state index contributed by atoms with van der Waals surface area (Å²) in [6, 6.07) is 11.9. The van der Waals surface area contributed by atoms with Crippen molar-refractivity contribution < 1.29 is 9.53 Å². The van der Waals surface area contributed by atoms with Gasteiger partial charge in [0.25, 0.3) is 0 Å². The number of aromatic nitrogens is 2. The molecule has 0 aliphatic carbocycles. The van der Waals surface area contributed by atoms with E-state index in [9.17, 15) is 4.79 Å². The number of anilines is 1. The van der Waals surface area contributed by atoms with Crippen LogP contribution in [0, 0.1) is 6.92 Å². The Morgan fingerprint density at radius 2 is 2.04 bits per heavy atom. The summed E-state index contributed by atoms with van der Waals surface area (Å²) >= 11 is 7.67. The molecule has 25 heavy (non-hydrogen) atoms. The number of rotatable bonds is 6. The summed E-state index contributed by atoms with van der Waals surface area (Å²) in [6.45, 7) is 4.77. The van der Waals surface area contributed by atoms with Gasteiger partial charge in [0.1, 0.15) is 17.2 Å². The number of ether oxygens (including phenoxy) is 1. The first-order valence-corrected chi connectivity index (χ1v) is 9.14. The van der Waals surface area contributed by atoms with Crippen LogP contribution in [0.3, 0.4) is 0 Å². The van der Waals surface area contributed by atoms with Gasteiger partial charge < -0.3 is 9.64 Å². The molecule has 0 atom stereocenters. The first-order chi connectivity index (χ1) is 12.1. The number of benzene rings is 1. The molecular weight excluding hydrogens is 358 g/mol. The van der Waals surface area contributed by atoms with Crippen molar-refractivity contribution in [1.29, 1.82) is 0 Å². The largest absolute Gasteiger partial charge is 0.465 e. The first kappa shape index (κ1) is 17.6. The Labute approximate surface area is 155 Å². The zero-order valence-corrected chi connectivity index (χ0v) is 15.6. The summed E-state index contributed by atoms with van der Waals surface area (Å²) in [5, 5.41) is 1.07. The predicted octanol–water partition coefficient (Wildman–Crippen LogP) is 4.22. The van der Waals surface area contributed by atoms with Crippen molar-refractivity contribution in [3.63, 3.8) is 0 Å². The zero-order chi connectivity index (χ0) is 17.8. The number of hydrogen-bond donors (Lipinski definition) is 0. The van der Waals surface area contributed by atoms with E-state index in [0.717, 1.165) is 20.7 Å². The summed E-state index contributed by atoms with van der Waals surface area (Å²) in [4.78, 5) is 24.6. The Morgan fingerprint density at radius 1 is 1.28 bits per heavy atom. The third-order valence-corrected chi connectivity index (χ3v) is 4.72. The third-order valence-electron chi connectivity index (χ3n) is 3.61. The van der Waals surface area contributed by atoms with Crippen molar-refractivity contribution >= 4 is 44.9 Å². The lowest BCUT2D eigenvalue weighted by Crippen LogP contribution is -2.31. The van der Waals surface area contributed by atoms with Gasteiger partial charge in [-0.3, -0.25) is 4.79 Å². The van der Waals surface area contributed by atoms with Gasteiger partial charge in [-0.25, -0.2) is 4.98 Å². The molecule has 0 amide bonds. The summed E-state index contributed by atoms with van der Waals surface area (Å²) in [6.07, 6.45) is 0. The van der Waals surface area contributed by atoms with Crippen molar-refractivity contribution in [3.8, 4) is 0 Å². The van der Waals surface area contributed by atoms with Crippen LogP contribution in [0.5, 0.6) is 0 Å². The van der Waals surface area contributed by atoms with Gasteiger partial charge in [-0.1, -0.05) is 30.3 Å². The fourth-order valence-electron chi connectivity index (χ4n) is 2.61. The number of carbonyl (C=O) groups is 1. The van der Waals surface area contributed by atoms with Crippen LogP contribution in [0.25, 0.3) is 10.2 Å². The molecule has 3 rings (SSSR count). The van der Waals surface area contributed by atoms with Crippen LogP contribution in [-0.4, -0.2) is 29.1 Å². The minimum atomic E-state index is -0.298. The van der Waals surface area contributed by atoms with Crippen LogP contribution in [0.4, 0.5) is 5.82 Å². The molecule has 2 heterocycles. The van der Waals surface area contributed by atoms with Gasteiger partial charge >= 0.3 is 5.97 Å². The van der Waals surface area contributed by atoms with E-state index >= 15 is 0 Å². The van der Waals surface area contributed by atoms with Gasteiger partial charge in [-0.05, 0) is 37.1 Å². The summed E-state index contributed by atoms with van der Waals surface area (Å²) in [7, 11) is 0. The van der Waals surface area contributed by atoms with Crippen LogP contribution in [0.2, 0.25) is 5.28 Å². The van der Waals surface area contributed by atoms with E-state index in [1.165, 1.54) is 0 Å². The highest BCUT2D eigenvalue weighted by Crippen LogP contribution is 2.32. The van der Waals surface area contributed by atoms with E-state index < -0.39 is 0 Å². The highest BCUT2D eigenvalue weighted by atomic mass is 35.5. The second-order valence-electron chi connectivity index (χ2n) is 5.54. The summed E-state index contributed by atoms with van der Waals surface area (Å²) in [5.74, 6) is 0.351. The van der Waals surface area contributed by atoms with Crippen molar-refractivity contribution in [2.45, 2.75) is 20.4 Å². The van der Waals surface area contributed by atoms with E-state index in [0.29, 0.717) is 19.0 Å². The van der Waals surface area contributed by atoms with Crippen LogP contribution >= 0.6 is 22.9 Å². The van der Waals surface area contributed by atoms with Gasteiger partial charge in [-0.15, -0.1) is 11.3 Å². The fraction of sp³-hybridized carbons (Fsp3) is 0.278. The van der Waals surface area contributed by atoms with E-state index in [2.05, 4.69) is 9.97 Å². The van der Waals surface area contributed by atoms with Crippen LogP contribution in [0.1, 0.15) is 17.4 Å². The van der Waals surface area contributed by atoms with Crippen molar-refractivity contribution in [3.05, 3.63) is 52.1 Å². The lowest BCUT2D eigenvalue weighted by Gasteiger charge is -2.23. The highest BCUT2D eigenvalue weighted by molar-refractivity contribution is 7.18. The molecule has 1 aromatic carbocycles. The van der Waals surface area contributed by atoms with Gasteiger partial charge in [0.2, 0.25) is 5.28 Å². The Hall–Kier alpha value is -2.18. The minimum absolute atomic E-state index is 0.0973. The Balaban J connectivity index is 2.02. The number of esters is 1. The number of thiophene rings is 1. The topological polar surface area (TPSA) is 55.3 Å². The standard InChI is InChI=1S/C18H18ClN3O2S/c1-3-24-15(23)11-22(10-13-7-5-4-6-8-13)16-14-9-12(2)25-17(14)21-18(19)20-16/h4-9H,3,10-11H2,1-2H3. The molecule has 0 spiro atoms. The number of hydrogen-bond acceptors (Lipinski definition) is 6. The zero-order valence-electron chi connectivity index (χ0n) is 14.0. The van der Waals surface area contributed by atoms with E-state index in [4.69, 9.17) is 16.3 Å². The Morgan fingerprint density at radius 3 is 2.76 bits per heavy atom. The lowest BCUT2D eigenvalue weighted by atomic mass is 10.2. The number of aryl methyl sites for hydroxylation is 1. The fourth-order valence-corrected chi connectivity index (χ4v) is 3.70. The molecule has 0 aliphatic rings. The number of nitrogens with zero attached hydrogens (tertiary/aromatic N) is 3. The second kappa shape index (κ2) is 7.80. The van der Waals surface area contributed by atoms with Crippen molar-refractivity contribution in [1.82, 2.24) is 9.97 Å². The molecule has 130 valence electrons. The van der Waals surface area contributed by atoms with Gasteiger partial charge in [0.05, 0.1) is 12.0 Å². The monoisotopic (exact) mass is 375 g/mol. The third kappa shape index (κ3) is 4.27. The molecule has 0 N–H and O–H groups in total. The maximum absolute atomic E-state index is 12.1. The lowest BCUT2D eigenvalue weighted by molar-refractivity contribution is -0.141. The predicted molar refractivity (Wildman–Crippen MR) is 101 cm³/mol. The molecule has 0 fully saturated rings. The number of fused-ring (bicyclic) bond motifs is 1. The maximum Gasteiger partial charge on any atom is 0.325 e. The van der Waals surface area contributed by atoms with Gasteiger partial charge in [0.15, 0.2) is 0 Å². The quantitative estimate of drug-likeness (QED) is 0.477. The smallest absolute Gasteiger partial charge is 0.325 e. The number of carbonyl (C=O) groups excluding carboxylic acids is 1. The maximum atomic E-state index is 12.1. The Kier molecular flexibility index (Phi) is 5.50. The minimum Gasteiger partial charge on any atom is -0.465 e.